The summed E-state index contributed by atoms with van der Waals surface area (Å²) in [5, 5.41) is 0. The van der Waals surface area contributed by atoms with Gasteiger partial charge in [-0.1, -0.05) is 12.1 Å². The minimum Gasteiger partial charge on any atom is -0.491 e. The van der Waals surface area contributed by atoms with Crippen LogP contribution in [0.1, 0.15) is 30.1 Å². The van der Waals surface area contributed by atoms with Gasteiger partial charge in [0, 0.05) is 19.1 Å². The Kier molecular flexibility index (Phi) is 5.76. The van der Waals surface area contributed by atoms with E-state index >= 15 is 0 Å². The van der Waals surface area contributed by atoms with Crippen LogP contribution in [-0.2, 0) is 0 Å². The van der Waals surface area contributed by atoms with Crippen LogP contribution in [-0.4, -0.2) is 62.0 Å². The summed E-state index contributed by atoms with van der Waals surface area (Å²) in [5.41, 5.74) is 0.670. The van der Waals surface area contributed by atoms with Crippen molar-refractivity contribution in [3.8, 4) is 5.75 Å². The Morgan fingerprint density at radius 1 is 1.38 bits per heavy atom. The maximum atomic E-state index is 11.6. The molecule has 1 heterocycles. The molecule has 1 saturated heterocycles. The highest BCUT2D eigenvalue weighted by Gasteiger charge is 2.24. The van der Waals surface area contributed by atoms with Gasteiger partial charge in [0.25, 0.3) is 0 Å². The average molecular weight is 290 g/mol. The quantitative estimate of drug-likeness (QED) is 0.721. The number of benzene rings is 1. The fourth-order valence-electron chi connectivity index (χ4n) is 2.97. The first-order chi connectivity index (χ1) is 10.1. The molecule has 0 aromatic heterocycles. The van der Waals surface area contributed by atoms with Gasteiger partial charge in [0.2, 0.25) is 0 Å². The van der Waals surface area contributed by atoms with E-state index in [9.17, 15) is 4.79 Å². The zero-order valence-electron chi connectivity index (χ0n) is 13.3. The van der Waals surface area contributed by atoms with Crippen molar-refractivity contribution in [2.75, 3.05) is 40.3 Å². The van der Waals surface area contributed by atoms with E-state index < -0.39 is 0 Å². The van der Waals surface area contributed by atoms with E-state index in [1.165, 1.54) is 12.8 Å². The molecule has 4 heteroatoms. The SMILES string of the molecule is CC(=O)c1ccccc1OCCN1CCCC1CN(C)C. The van der Waals surface area contributed by atoms with Crippen LogP contribution in [0, 0.1) is 0 Å². The van der Waals surface area contributed by atoms with Crippen LogP contribution >= 0.6 is 0 Å². The summed E-state index contributed by atoms with van der Waals surface area (Å²) < 4.78 is 5.84. The zero-order chi connectivity index (χ0) is 15.2. The second-order valence-electron chi connectivity index (χ2n) is 6.00. The van der Waals surface area contributed by atoms with E-state index in [4.69, 9.17) is 4.74 Å². The zero-order valence-corrected chi connectivity index (χ0v) is 13.3. The van der Waals surface area contributed by atoms with E-state index in [1.807, 2.05) is 24.3 Å². The summed E-state index contributed by atoms with van der Waals surface area (Å²) in [7, 11) is 4.24. The molecule has 0 spiro atoms. The molecule has 0 aliphatic carbocycles. The van der Waals surface area contributed by atoms with Gasteiger partial charge in [-0.3, -0.25) is 9.69 Å². The molecule has 21 heavy (non-hydrogen) atoms. The molecule has 1 atom stereocenters. The fraction of sp³-hybridized carbons (Fsp3) is 0.588. The Morgan fingerprint density at radius 3 is 2.86 bits per heavy atom. The molecule has 1 aromatic rings. The Bertz CT molecular complexity index is 474. The number of ether oxygens (including phenoxy) is 1. The van der Waals surface area contributed by atoms with E-state index in [2.05, 4.69) is 23.9 Å². The third kappa shape index (κ3) is 4.55. The van der Waals surface area contributed by atoms with Gasteiger partial charge in [-0.15, -0.1) is 0 Å². The maximum Gasteiger partial charge on any atom is 0.163 e. The van der Waals surface area contributed by atoms with Crippen LogP contribution in [0.5, 0.6) is 5.75 Å². The predicted octanol–water partition coefficient (Wildman–Crippen LogP) is 2.29. The van der Waals surface area contributed by atoms with Crippen LogP contribution in [0.2, 0.25) is 0 Å². The number of para-hydroxylation sites is 1. The number of rotatable bonds is 7. The van der Waals surface area contributed by atoms with Gasteiger partial charge in [-0.25, -0.2) is 0 Å². The number of carbonyl (C=O) groups excluding carboxylic acids is 1. The van der Waals surface area contributed by atoms with Gasteiger partial charge in [-0.2, -0.15) is 0 Å². The molecular formula is C17H26N2O2. The van der Waals surface area contributed by atoms with Gasteiger partial charge in [0.1, 0.15) is 12.4 Å². The number of hydrogen-bond donors (Lipinski definition) is 0. The van der Waals surface area contributed by atoms with E-state index in [0.29, 0.717) is 24.0 Å². The molecule has 0 bridgehead atoms. The summed E-state index contributed by atoms with van der Waals surface area (Å²) in [5.74, 6) is 0.755. The van der Waals surface area contributed by atoms with Crippen LogP contribution in [0.4, 0.5) is 0 Å². The molecule has 1 fully saturated rings. The molecule has 0 N–H and O–H groups in total. The summed E-state index contributed by atoms with van der Waals surface area (Å²) in [6, 6.07) is 8.11. The van der Waals surface area contributed by atoms with Gasteiger partial charge in [0.15, 0.2) is 5.78 Å². The van der Waals surface area contributed by atoms with Crippen molar-refractivity contribution in [1.82, 2.24) is 9.80 Å². The first kappa shape index (κ1) is 16.0. The summed E-state index contributed by atoms with van der Waals surface area (Å²) in [4.78, 5) is 16.3. The van der Waals surface area contributed by atoms with E-state index in [1.54, 1.807) is 6.92 Å². The van der Waals surface area contributed by atoms with Crippen LogP contribution < -0.4 is 4.74 Å². The van der Waals surface area contributed by atoms with Crippen molar-refractivity contribution in [3.63, 3.8) is 0 Å². The molecule has 4 nitrogen and oxygen atoms in total. The standard InChI is InChI=1S/C17H26N2O2/c1-14(20)16-8-4-5-9-17(16)21-12-11-19-10-6-7-15(19)13-18(2)3/h4-5,8-9,15H,6-7,10-13H2,1-3H3. The number of likely N-dealkylation sites (tertiary alicyclic amines) is 1. The second kappa shape index (κ2) is 7.57. The largest absolute Gasteiger partial charge is 0.491 e. The number of nitrogens with zero attached hydrogens (tertiary/aromatic N) is 2. The van der Waals surface area contributed by atoms with E-state index in [0.717, 1.165) is 19.6 Å². The van der Waals surface area contributed by atoms with Crippen molar-refractivity contribution in [1.29, 1.82) is 0 Å². The third-order valence-corrected chi connectivity index (χ3v) is 3.98. The minimum atomic E-state index is 0.0530. The third-order valence-electron chi connectivity index (χ3n) is 3.98. The smallest absolute Gasteiger partial charge is 0.163 e. The molecule has 0 saturated carbocycles. The Labute approximate surface area is 127 Å². The first-order valence-electron chi connectivity index (χ1n) is 7.69. The van der Waals surface area contributed by atoms with Crippen molar-refractivity contribution < 1.29 is 9.53 Å². The molecule has 1 aliphatic heterocycles. The van der Waals surface area contributed by atoms with E-state index in [-0.39, 0.29) is 5.78 Å². The molecule has 1 aromatic carbocycles. The molecule has 1 unspecified atom stereocenters. The fourth-order valence-corrected chi connectivity index (χ4v) is 2.97. The monoisotopic (exact) mass is 290 g/mol. The lowest BCUT2D eigenvalue weighted by Gasteiger charge is -2.27. The summed E-state index contributed by atoms with van der Waals surface area (Å²) in [6.45, 7) is 5.38. The number of likely N-dealkylation sites (N-methyl/N-ethyl adjacent to an activating group) is 1. The number of ketones is 1. The van der Waals surface area contributed by atoms with Crippen LogP contribution in [0.15, 0.2) is 24.3 Å². The predicted molar refractivity (Wildman–Crippen MR) is 85.1 cm³/mol. The number of hydrogen-bond acceptors (Lipinski definition) is 4. The normalized spacial score (nSPS) is 19.1. The molecule has 0 radical (unpaired) electrons. The maximum absolute atomic E-state index is 11.6. The molecule has 0 amide bonds. The first-order valence-corrected chi connectivity index (χ1v) is 7.69. The van der Waals surface area contributed by atoms with Crippen LogP contribution in [0.25, 0.3) is 0 Å². The lowest BCUT2D eigenvalue weighted by Crippen LogP contribution is -2.39. The Hall–Kier alpha value is -1.39. The lowest BCUT2D eigenvalue weighted by molar-refractivity contribution is 0.101. The van der Waals surface area contributed by atoms with Gasteiger partial charge in [0.05, 0.1) is 5.56 Å². The number of Topliss-reactive ketones (excluding diaryl/α,β-unsaturated/α-hetero) is 1. The Balaban J connectivity index is 1.85. The van der Waals surface area contributed by atoms with Crippen LogP contribution in [0.3, 0.4) is 0 Å². The highest BCUT2D eigenvalue weighted by atomic mass is 16.5. The highest BCUT2D eigenvalue weighted by Crippen LogP contribution is 2.20. The topological polar surface area (TPSA) is 32.8 Å². The summed E-state index contributed by atoms with van der Waals surface area (Å²) in [6.07, 6.45) is 2.53. The van der Waals surface area contributed by atoms with Crippen molar-refractivity contribution in [3.05, 3.63) is 29.8 Å². The number of carbonyl (C=O) groups is 1. The Morgan fingerprint density at radius 2 is 2.14 bits per heavy atom. The second-order valence-corrected chi connectivity index (χ2v) is 6.00. The highest BCUT2D eigenvalue weighted by molar-refractivity contribution is 5.96. The van der Waals surface area contributed by atoms with Crippen molar-refractivity contribution in [2.24, 2.45) is 0 Å². The minimum absolute atomic E-state index is 0.0530. The molecular weight excluding hydrogens is 264 g/mol. The molecule has 1 aliphatic rings. The molecule has 2 rings (SSSR count). The van der Waals surface area contributed by atoms with Crippen molar-refractivity contribution >= 4 is 5.78 Å². The van der Waals surface area contributed by atoms with Crippen molar-refractivity contribution in [2.45, 2.75) is 25.8 Å². The average Bonchev–Trinajstić information content (AvgIpc) is 2.86. The van der Waals surface area contributed by atoms with Gasteiger partial charge >= 0.3 is 0 Å². The van der Waals surface area contributed by atoms with Gasteiger partial charge in [-0.05, 0) is 52.5 Å². The summed E-state index contributed by atoms with van der Waals surface area (Å²) >= 11 is 0. The molecule has 116 valence electrons. The van der Waals surface area contributed by atoms with Gasteiger partial charge < -0.3 is 9.64 Å². The lowest BCUT2D eigenvalue weighted by atomic mass is 10.1.